The third-order valence-corrected chi connectivity index (χ3v) is 4.84. The lowest BCUT2D eigenvalue weighted by atomic mass is 10.1. The van der Waals surface area contributed by atoms with Crippen molar-refractivity contribution in [1.29, 1.82) is 0 Å². The number of H-pyrrole nitrogens is 1. The number of ether oxygens (including phenoxy) is 2. The van der Waals surface area contributed by atoms with Crippen LogP contribution in [0.3, 0.4) is 0 Å². The van der Waals surface area contributed by atoms with Gasteiger partial charge in [0.2, 0.25) is 5.16 Å². The number of thioether (sulfide) groups is 1. The van der Waals surface area contributed by atoms with Crippen molar-refractivity contribution in [3.8, 4) is 17.1 Å². The maximum atomic E-state index is 13.8. The fraction of sp³-hybridized carbons (Fsp3) is 0.176. The topological polar surface area (TPSA) is 60.0 Å². The van der Waals surface area contributed by atoms with E-state index >= 15 is 0 Å². The lowest BCUT2D eigenvalue weighted by Gasteiger charge is -2.20. The van der Waals surface area contributed by atoms with Gasteiger partial charge >= 0.3 is 0 Å². The maximum Gasteiger partial charge on any atom is 0.209 e. The van der Waals surface area contributed by atoms with Crippen LogP contribution in [0.15, 0.2) is 41.6 Å². The molecule has 0 fully saturated rings. The van der Waals surface area contributed by atoms with Crippen molar-refractivity contribution in [2.45, 2.75) is 17.5 Å². The molecule has 0 amide bonds. The molecule has 1 N–H and O–H groups in total. The number of halogens is 2. The van der Waals surface area contributed by atoms with E-state index in [0.717, 1.165) is 16.7 Å². The monoisotopic (exact) mass is 377 g/mol. The molecule has 0 unspecified atom stereocenters. The first-order valence-corrected chi connectivity index (χ1v) is 8.88. The van der Waals surface area contributed by atoms with E-state index in [1.165, 1.54) is 23.9 Å². The summed E-state index contributed by atoms with van der Waals surface area (Å²) in [5.74, 6) is 1.54. The molecule has 0 radical (unpaired) electrons. The first kappa shape index (κ1) is 16.4. The van der Waals surface area contributed by atoms with Crippen LogP contribution in [-0.4, -0.2) is 22.0 Å². The number of fused-ring (bicyclic) bond motifs is 1. The minimum absolute atomic E-state index is 0.178. The average Bonchev–Trinajstić information content (AvgIpc) is 3.09. The zero-order valence-electron chi connectivity index (χ0n) is 13.0. The van der Waals surface area contributed by atoms with Crippen molar-refractivity contribution in [3.63, 3.8) is 0 Å². The molecule has 0 spiro atoms. The van der Waals surface area contributed by atoms with Crippen molar-refractivity contribution < 1.29 is 13.9 Å². The molecule has 0 atom stereocenters. The predicted molar refractivity (Wildman–Crippen MR) is 93.1 cm³/mol. The SMILES string of the molecule is Fc1cc2c(c(CSc3n[nH]c(-c4ccc(Cl)cc4)n3)c1)OCOC2. The van der Waals surface area contributed by atoms with Crippen LogP contribution in [0.25, 0.3) is 11.4 Å². The molecule has 1 aliphatic rings. The Balaban J connectivity index is 1.51. The number of benzene rings is 2. The highest BCUT2D eigenvalue weighted by Gasteiger charge is 2.17. The molecule has 0 saturated carbocycles. The molecule has 4 rings (SSSR count). The van der Waals surface area contributed by atoms with Crippen LogP contribution in [0.1, 0.15) is 11.1 Å². The van der Waals surface area contributed by atoms with Gasteiger partial charge in [-0.1, -0.05) is 23.4 Å². The third-order valence-electron chi connectivity index (χ3n) is 3.69. The molecule has 2 aromatic carbocycles. The Labute approximate surface area is 152 Å². The lowest BCUT2D eigenvalue weighted by Crippen LogP contribution is -2.13. The smallest absolute Gasteiger partial charge is 0.209 e. The van der Waals surface area contributed by atoms with Crippen LogP contribution in [0, 0.1) is 5.82 Å². The Kier molecular flexibility index (Phi) is 4.61. The van der Waals surface area contributed by atoms with Gasteiger partial charge in [0.05, 0.1) is 6.61 Å². The first-order valence-electron chi connectivity index (χ1n) is 7.52. The van der Waals surface area contributed by atoms with Crippen molar-refractivity contribution in [2.24, 2.45) is 0 Å². The van der Waals surface area contributed by atoms with Crippen LogP contribution >= 0.6 is 23.4 Å². The Morgan fingerprint density at radius 2 is 2.08 bits per heavy atom. The van der Waals surface area contributed by atoms with Gasteiger partial charge < -0.3 is 9.47 Å². The highest BCUT2D eigenvalue weighted by molar-refractivity contribution is 7.98. The second kappa shape index (κ2) is 7.03. The molecule has 25 heavy (non-hydrogen) atoms. The van der Waals surface area contributed by atoms with Crippen molar-refractivity contribution >= 4 is 23.4 Å². The molecular formula is C17H13ClFN3O2S. The third kappa shape index (κ3) is 3.63. The quantitative estimate of drug-likeness (QED) is 0.682. The highest BCUT2D eigenvalue weighted by atomic mass is 35.5. The second-order valence-electron chi connectivity index (χ2n) is 5.43. The van der Waals surface area contributed by atoms with E-state index in [-0.39, 0.29) is 12.6 Å². The van der Waals surface area contributed by atoms with Gasteiger partial charge in [0, 0.05) is 27.5 Å². The van der Waals surface area contributed by atoms with Gasteiger partial charge in [-0.2, -0.15) is 0 Å². The van der Waals surface area contributed by atoms with Gasteiger partial charge in [0.15, 0.2) is 12.6 Å². The molecule has 1 aliphatic heterocycles. The zero-order chi connectivity index (χ0) is 17.2. The summed E-state index contributed by atoms with van der Waals surface area (Å²) in [6.45, 7) is 0.532. The van der Waals surface area contributed by atoms with Gasteiger partial charge in [-0.15, -0.1) is 5.10 Å². The van der Waals surface area contributed by atoms with E-state index in [1.54, 1.807) is 12.1 Å². The zero-order valence-corrected chi connectivity index (χ0v) is 14.5. The molecule has 8 heteroatoms. The number of aromatic amines is 1. The van der Waals surface area contributed by atoms with Crippen LogP contribution in [0.2, 0.25) is 5.02 Å². The van der Waals surface area contributed by atoms with Gasteiger partial charge in [-0.05, 0) is 36.4 Å². The summed E-state index contributed by atoms with van der Waals surface area (Å²) < 4.78 is 24.5. The summed E-state index contributed by atoms with van der Waals surface area (Å²) >= 11 is 7.30. The molecule has 5 nitrogen and oxygen atoms in total. The van der Waals surface area contributed by atoms with E-state index in [1.807, 2.05) is 12.1 Å². The molecule has 0 saturated heterocycles. The summed E-state index contributed by atoms with van der Waals surface area (Å²) in [6.07, 6.45) is 0. The average molecular weight is 378 g/mol. The number of nitrogens with zero attached hydrogens (tertiary/aromatic N) is 2. The minimum atomic E-state index is -0.305. The number of hydrogen-bond acceptors (Lipinski definition) is 5. The normalized spacial score (nSPS) is 13.4. The lowest BCUT2D eigenvalue weighted by molar-refractivity contribution is -0.0171. The fourth-order valence-corrected chi connectivity index (χ4v) is 3.45. The summed E-state index contributed by atoms with van der Waals surface area (Å²) in [6, 6.07) is 10.2. The largest absolute Gasteiger partial charge is 0.467 e. The van der Waals surface area contributed by atoms with E-state index in [9.17, 15) is 4.39 Å². The number of hydrogen-bond donors (Lipinski definition) is 1. The van der Waals surface area contributed by atoms with E-state index < -0.39 is 0 Å². The highest BCUT2D eigenvalue weighted by Crippen LogP contribution is 2.33. The predicted octanol–water partition coefficient (Wildman–Crippen LogP) is 4.42. The molecule has 1 aromatic heterocycles. The summed E-state index contributed by atoms with van der Waals surface area (Å²) in [5.41, 5.74) is 2.38. The fourth-order valence-electron chi connectivity index (χ4n) is 2.55. The van der Waals surface area contributed by atoms with Gasteiger partial charge in [0.1, 0.15) is 11.6 Å². The Morgan fingerprint density at radius 3 is 2.92 bits per heavy atom. The number of rotatable bonds is 4. The molecule has 0 bridgehead atoms. The molecule has 3 aromatic rings. The minimum Gasteiger partial charge on any atom is -0.467 e. The first-order chi connectivity index (χ1) is 12.2. The van der Waals surface area contributed by atoms with Crippen LogP contribution in [0.5, 0.6) is 5.75 Å². The van der Waals surface area contributed by atoms with Crippen LogP contribution < -0.4 is 4.74 Å². The van der Waals surface area contributed by atoms with Gasteiger partial charge in [0.25, 0.3) is 0 Å². The Hall–Kier alpha value is -2.09. The van der Waals surface area contributed by atoms with Crippen LogP contribution in [0.4, 0.5) is 4.39 Å². The molecule has 2 heterocycles. The van der Waals surface area contributed by atoms with E-state index in [0.29, 0.717) is 34.1 Å². The van der Waals surface area contributed by atoms with Crippen molar-refractivity contribution in [1.82, 2.24) is 15.2 Å². The summed E-state index contributed by atoms with van der Waals surface area (Å²) in [7, 11) is 0. The number of aromatic nitrogens is 3. The van der Waals surface area contributed by atoms with Crippen molar-refractivity contribution in [2.75, 3.05) is 6.79 Å². The molecule has 128 valence electrons. The molecular weight excluding hydrogens is 365 g/mol. The Morgan fingerprint density at radius 1 is 1.24 bits per heavy atom. The second-order valence-corrected chi connectivity index (χ2v) is 6.80. The summed E-state index contributed by atoms with van der Waals surface area (Å²) in [5, 5.41) is 8.34. The maximum absolute atomic E-state index is 13.8. The van der Waals surface area contributed by atoms with Gasteiger partial charge in [-0.25, -0.2) is 9.37 Å². The molecule has 0 aliphatic carbocycles. The van der Waals surface area contributed by atoms with Crippen LogP contribution in [-0.2, 0) is 17.1 Å². The van der Waals surface area contributed by atoms with E-state index in [4.69, 9.17) is 21.1 Å². The summed E-state index contributed by atoms with van der Waals surface area (Å²) in [4.78, 5) is 4.45. The van der Waals surface area contributed by atoms with Gasteiger partial charge in [-0.3, -0.25) is 5.10 Å². The van der Waals surface area contributed by atoms with Crippen molar-refractivity contribution in [3.05, 3.63) is 58.4 Å². The van der Waals surface area contributed by atoms with E-state index in [2.05, 4.69) is 15.2 Å². The number of nitrogens with one attached hydrogen (secondary N) is 1. The Bertz CT molecular complexity index is 901. The standard InChI is InChI=1S/C17H13ClFN3O2S/c18-13-3-1-10(2-4-13)16-20-17(22-21-16)25-8-12-6-14(19)5-11-7-23-9-24-15(11)12/h1-6H,7-9H2,(H,20,21,22).